The van der Waals surface area contributed by atoms with E-state index in [-0.39, 0.29) is 36.1 Å². The molecule has 122 valence electrons. The quantitative estimate of drug-likeness (QED) is 0.535. The third-order valence-corrected chi connectivity index (χ3v) is 4.97. The zero-order chi connectivity index (χ0) is 16.4. The Labute approximate surface area is 130 Å². The maximum atomic E-state index is 11.1. The lowest BCUT2D eigenvalue weighted by atomic mass is 9.71. The third kappa shape index (κ3) is 4.23. The molecule has 21 heavy (non-hydrogen) atoms. The Morgan fingerprint density at radius 1 is 1.43 bits per heavy atom. The van der Waals surface area contributed by atoms with Crippen molar-refractivity contribution in [2.24, 2.45) is 11.3 Å². The Morgan fingerprint density at radius 3 is 2.43 bits per heavy atom. The van der Waals surface area contributed by atoms with Crippen molar-refractivity contribution in [2.75, 3.05) is 7.05 Å². The SMILES string of the molecule is CCC(C)(C)CC1(C)OB(C(C(C)C)N(C)C=O)OC1C. The van der Waals surface area contributed by atoms with Crippen LogP contribution >= 0.6 is 0 Å². The summed E-state index contributed by atoms with van der Waals surface area (Å²) in [7, 11) is 1.44. The molecular weight excluding hydrogens is 265 g/mol. The first-order valence-corrected chi connectivity index (χ1v) is 8.07. The molecule has 1 fully saturated rings. The molecule has 0 bridgehead atoms. The molecular formula is C16H32BNO3. The van der Waals surface area contributed by atoms with Crippen LogP contribution in [0.2, 0.25) is 0 Å². The summed E-state index contributed by atoms with van der Waals surface area (Å²) in [6.07, 6.45) is 2.93. The minimum atomic E-state index is -0.354. The van der Waals surface area contributed by atoms with Crippen LogP contribution in [0, 0.1) is 11.3 Å². The van der Waals surface area contributed by atoms with E-state index >= 15 is 0 Å². The summed E-state index contributed by atoms with van der Waals surface area (Å²) in [4.78, 5) is 12.8. The van der Waals surface area contributed by atoms with Gasteiger partial charge in [-0.05, 0) is 31.6 Å². The van der Waals surface area contributed by atoms with Crippen LogP contribution in [0.1, 0.15) is 61.3 Å². The van der Waals surface area contributed by atoms with Crippen LogP contribution in [0.15, 0.2) is 0 Å². The molecule has 1 saturated heterocycles. The fraction of sp³-hybridized carbons (Fsp3) is 0.938. The van der Waals surface area contributed by atoms with Crippen LogP contribution in [-0.2, 0) is 14.1 Å². The van der Waals surface area contributed by atoms with Crippen LogP contribution in [0.4, 0.5) is 0 Å². The van der Waals surface area contributed by atoms with Crippen LogP contribution in [-0.4, -0.2) is 43.1 Å². The highest BCUT2D eigenvalue weighted by molar-refractivity contribution is 6.47. The lowest BCUT2D eigenvalue weighted by molar-refractivity contribution is -0.118. The second-order valence-electron chi connectivity index (χ2n) is 7.78. The van der Waals surface area contributed by atoms with Gasteiger partial charge in [0.15, 0.2) is 0 Å². The maximum Gasteiger partial charge on any atom is 0.482 e. The van der Waals surface area contributed by atoms with E-state index in [2.05, 4.69) is 48.5 Å². The molecule has 1 rings (SSSR count). The Bertz CT molecular complexity index is 361. The van der Waals surface area contributed by atoms with Crippen LogP contribution in [0.25, 0.3) is 0 Å². The highest BCUT2D eigenvalue weighted by atomic mass is 16.7. The van der Waals surface area contributed by atoms with Gasteiger partial charge in [0, 0.05) is 7.05 Å². The van der Waals surface area contributed by atoms with Gasteiger partial charge in [-0.3, -0.25) is 4.79 Å². The largest absolute Gasteiger partial charge is 0.482 e. The predicted molar refractivity (Wildman–Crippen MR) is 86.9 cm³/mol. The van der Waals surface area contributed by atoms with Crippen molar-refractivity contribution in [3.05, 3.63) is 0 Å². The highest BCUT2D eigenvalue weighted by Gasteiger charge is 2.52. The number of hydrogen-bond donors (Lipinski definition) is 0. The summed E-state index contributed by atoms with van der Waals surface area (Å²) in [5.74, 6) is 0.218. The molecule has 0 aliphatic carbocycles. The Hall–Kier alpha value is -0.545. The van der Waals surface area contributed by atoms with E-state index in [1.54, 1.807) is 11.9 Å². The highest BCUT2D eigenvalue weighted by Crippen LogP contribution is 2.41. The van der Waals surface area contributed by atoms with Gasteiger partial charge in [0.05, 0.1) is 17.6 Å². The van der Waals surface area contributed by atoms with Gasteiger partial charge in [0.2, 0.25) is 6.41 Å². The van der Waals surface area contributed by atoms with Crippen molar-refractivity contribution < 1.29 is 14.1 Å². The van der Waals surface area contributed by atoms with Crippen LogP contribution < -0.4 is 0 Å². The monoisotopic (exact) mass is 297 g/mol. The summed E-state index contributed by atoms with van der Waals surface area (Å²) in [5.41, 5.74) is -0.0911. The molecule has 0 N–H and O–H groups in total. The van der Waals surface area contributed by atoms with Gasteiger partial charge in [-0.15, -0.1) is 0 Å². The molecule has 0 spiro atoms. The van der Waals surface area contributed by atoms with Crippen molar-refractivity contribution in [2.45, 2.75) is 79.0 Å². The van der Waals surface area contributed by atoms with Crippen LogP contribution in [0.5, 0.6) is 0 Å². The molecule has 3 atom stereocenters. The summed E-state index contributed by atoms with van der Waals surface area (Å²) in [5, 5.41) is 0. The van der Waals surface area contributed by atoms with E-state index in [0.29, 0.717) is 0 Å². The average molecular weight is 297 g/mol. The number of rotatable bonds is 7. The Kier molecular flexibility index (Phi) is 5.90. The normalized spacial score (nSPS) is 28.0. The first-order valence-electron chi connectivity index (χ1n) is 8.07. The van der Waals surface area contributed by atoms with Gasteiger partial charge >= 0.3 is 7.12 Å². The van der Waals surface area contributed by atoms with Gasteiger partial charge in [0.1, 0.15) is 0 Å². The van der Waals surface area contributed by atoms with Gasteiger partial charge in [-0.2, -0.15) is 0 Å². The Balaban J connectivity index is 2.90. The van der Waals surface area contributed by atoms with Gasteiger partial charge in [0.25, 0.3) is 0 Å². The van der Waals surface area contributed by atoms with Crippen molar-refractivity contribution >= 4 is 13.5 Å². The second-order valence-corrected chi connectivity index (χ2v) is 7.78. The molecule has 1 aliphatic rings. The van der Waals surface area contributed by atoms with E-state index in [1.807, 2.05) is 0 Å². The lowest BCUT2D eigenvalue weighted by Gasteiger charge is -2.36. The molecule has 4 nitrogen and oxygen atoms in total. The van der Waals surface area contributed by atoms with E-state index in [4.69, 9.17) is 9.31 Å². The average Bonchev–Trinajstić information content (AvgIpc) is 2.63. The first-order chi connectivity index (χ1) is 9.56. The van der Waals surface area contributed by atoms with Crippen molar-refractivity contribution in [3.63, 3.8) is 0 Å². The smallest absolute Gasteiger partial charge is 0.404 e. The molecule has 5 heteroatoms. The van der Waals surface area contributed by atoms with Gasteiger partial charge in [-0.25, -0.2) is 0 Å². The molecule has 0 aromatic heterocycles. The summed E-state index contributed by atoms with van der Waals surface area (Å²) in [6.45, 7) is 15.1. The topological polar surface area (TPSA) is 38.8 Å². The fourth-order valence-electron chi connectivity index (χ4n) is 3.19. The standard InChI is InChI=1S/C16H32BNO3/c1-9-15(5,6)10-16(7)13(4)20-17(21-16)14(12(2)3)18(8)11-19/h11-14H,9-10H2,1-8H3. The first kappa shape index (κ1) is 18.5. The van der Waals surface area contributed by atoms with Crippen molar-refractivity contribution in [1.29, 1.82) is 0 Å². The zero-order valence-corrected chi connectivity index (χ0v) is 15.0. The summed E-state index contributed by atoms with van der Waals surface area (Å²) in [6, 6.07) is 0. The molecule has 1 amide bonds. The van der Waals surface area contributed by atoms with E-state index in [1.165, 1.54) is 0 Å². The molecule has 0 saturated carbocycles. The molecule has 0 aromatic carbocycles. The maximum absolute atomic E-state index is 11.1. The Morgan fingerprint density at radius 2 is 2.00 bits per heavy atom. The lowest BCUT2D eigenvalue weighted by Crippen LogP contribution is -2.49. The van der Waals surface area contributed by atoms with Crippen molar-refractivity contribution in [1.82, 2.24) is 4.90 Å². The van der Waals surface area contributed by atoms with E-state index in [9.17, 15) is 4.79 Å². The minimum Gasteiger partial charge on any atom is -0.404 e. The fourth-order valence-corrected chi connectivity index (χ4v) is 3.19. The number of carbonyl (C=O) groups is 1. The van der Waals surface area contributed by atoms with Crippen LogP contribution in [0.3, 0.4) is 0 Å². The molecule has 1 aliphatic heterocycles. The number of carbonyl (C=O) groups excluding carboxylic acids is 1. The van der Waals surface area contributed by atoms with Crippen molar-refractivity contribution in [3.8, 4) is 0 Å². The number of nitrogens with zero attached hydrogens (tertiary/aromatic N) is 1. The predicted octanol–water partition coefficient (Wildman–Crippen LogP) is 3.15. The van der Waals surface area contributed by atoms with E-state index in [0.717, 1.165) is 19.3 Å². The second kappa shape index (κ2) is 6.70. The van der Waals surface area contributed by atoms with Gasteiger partial charge in [-0.1, -0.05) is 41.0 Å². The minimum absolute atomic E-state index is 0.0228. The number of hydrogen-bond acceptors (Lipinski definition) is 3. The molecule has 0 radical (unpaired) electrons. The molecule has 3 unspecified atom stereocenters. The number of amides is 1. The molecule has 0 aromatic rings. The van der Waals surface area contributed by atoms with Gasteiger partial charge < -0.3 is 14.2 Å². The summed E-state index contributed by atoms with van der Waals surface area (Å²) < 4.78 is 12.4. The zero-order valence-electron chi connectivity index (χ0n) is 15.0. The third-order valence-electron chi connectivity index (χ3n) is 4.97. The van der Waals surface area contributed by atoms with E-state index < -0.39 is 0 Å². The molecule has 1 heterocycles. The summed E-state index contributed by atoms with van der Waals surface area (Å²) >= 11 is 0.